The SMILES string of the molecule is Cc1ccc(C(=O)Nc2ccc(C(=O)NNC(=O)/C=C\C(=O)O)cc2)cc1. The van der Waals surface area contributed by atoms with Gasteiger partial charge in [0.1, 0.15) is 0 Å². The number of carboxylic acid groups (broad SMARTS) is 1. The minimum atomic E-state index is -1.28. The summed E-state index contributed by atoms with van der Waals surface area (Å²) in [6.07, 6.45) is 1.42. The Morgan fingerprint density at radius 2 is 1.33 bits per heavy atom. The van der Waals surface area contributed by atoms with Gasteiger partial charge in [0.05, 0.1) is 0 Å². The molecule has 0 fully saturated rings. The van der Waals surface area contributed by atoms with Crippen LogP contribution in [-0.2, 0) is 9.59 Å². The number of carbonyl (C=O) groups is 4. The van der Waals surface area contributed by atoms with E-state index in [1.165, 1.54) is 12.1 Å². The minimum Gasteiger partial charge on any atom is -0.478 e. The third-order valence-corrected chi connectivity index (χ3v) is 3.40. The predicted octanol–water partition coefficient (Wildman–Crippen LogP) is 1.65. The van der Waals surface area contributed by atoms with Gasteiger partial charge in [-0.25, -0.2) is 4.79 Å². The lowest BCUT2D eigenvalue weighted by molar-refractivity contribution is -0.131. The van der Waals surface area contributed by atoms with Gasteiger partial charge >= 0.3 is 5.97 Å². The van der Waals surface area contributed by atoms with Gasteiger partial charge in [0.25, 0.3) is 17.7 Å². The molecule has 0 spiro atoms. The first-order valence-corrected chi connectivity index (χ1v) is 7.84. The molecule has 138 valence electrons. The molecule has 0 atom stereocenters. The first kappa shape index (κ1) is 19.4. The van der Waals surface area contributed by atoms with E-state index in [9.17, 15) is 19.2 Å². The number of aliphatic carboxylic acids is 1. The molecule has 0 heterocycles. The fraction of sp³-hybridized carbons (Fsp3) is 0.0526. The fourth-order valence-electron chi connectivity index (χ4n) is 1.99. The summed E-state index contributed by atoms with van der Waals surface area (Å²) in [5.41, 5.74) is 6.50. The second-order valence-corrected chi connectivity index (χ2v) is 5.51. The Morgan fingerprint density at radius 3 is 1.93 bits per heavy atom. The highest BCUT2D eigenvalue weighted by Crippen LogP contribution is 2.12. The van der Waals surface area contributed by atoms with Crippen molar-refractivity contribution in [2.75, 3.05) is 5.32 Å². The number of hydrogen-bond acceptors (Lipinski definition) is 4. The molecule has 2 aromatic rings. The van der Waals surface area contributed by atoms with E-state index in [0.29, 0.717) is 17.3 Å². The summed E-state index contributed by atoms with van der Waals surface area (Å²) >= 11 is 0. The summed E-state index contributed by atoms with van der Waals surface area (Å²) in [7, 11) is 0. The van der Waals surface area contributed by atoms with Gasteiger partial charge in [0, 0.05) is 29.0 Å². The summed E-state index contributed by atoms with van der Waals surface area (Å²) in [5, 5.41) is 11.1. The van der Waals surface area contributed by atoms with Gasteiger partial charge in [-0.2, -0.15) is 0 Å². The molecule has 0 saturated heterocycles. The average molecular weight is 367 g/mol. The van der Waals surface area contributed by atoms with Gasteiger partial charge < -0.3 is 10.4 Å². The smallest absolute Gasteiger partial charge is 0.328 e. The highest BCUT2D eigenvalue weighted by molar-refractivity contribution is 6.04. The topological polar surface area (TPSA) is 125 Å². The Labute approximate surface area is 154 Å². The standard InChI is InChI=1S/C19H17N3O5/c1-12-2-4-13(5-3-12)18(26)20-15-8-6-14(7-9-15)19(27)22-21-16(23)10-11-17(24)25/h2-11H,1H3,(H,20,26)(H,21,23)(H,22,27)(H,24,25)/b11-10-. The summed E-state index contributed by atoms with van der Waals surface area (Å²) < 4.78 is 0. The number of aryl methyl sites for hydroxylation is 1. The Bertz CT molecular complexity index is 887. The number of carboxylic acids is 1. The lowest BCUT2D eigenvalue weighted by Crippen LogP contribution is -2.40. The van der Waals surface area contributed by atoms with Crippen molar-refractivity contribution in [2.45, 2.75) is 6.92 Å². The first-order valence-electron chi connectivity index (χ1n) is 7.84. The number of hydrogen-bond donors (Lipinski definition) is 4. The van der Waals surface area contributed by atoms with Crippen LogP contribution in [0.25, 0.3) is 0 Å². The molecule has 2 aromatic carbocycles. The van der Waals surface area contributed by atoms with Gasteiger partial charge in [-0.15, -0.1) is 0 Å². The zero-order chi connectivity index (χ0) is 19.8. The third kappa shape index (κ3) is 6.13. The van der Waals surface area contributed by atoms with Crippen molar-refractivity contribution < 1.29 is 24.3 Å². The van der Waals surface area contributed by atoms with Crippen molar-refractivity contribution in [3.05, 3.63) is 77.4 Å². The lowest BCUT2D eigenvalue weighted by atomic mass is 10.1. The Hall–Kier alpha value is -3.94. The molecular weight excluding hydrogens is 350 g/mol. The molecule has 27 heavy (non-hydrogen) atoms. The predicted molar refractivity (Wildman–Crippen MR) is 98.0 cm³/mol. The third-order valence-electron chi connectivity index (χ3n) is 3.40. The van der Waals surface area contributed by atoms with Crippen LogP contribution >= 0.6 is 0 Å². The summed E-state index contributed by atoms with van der Waals surface area (Å²) in [6, 6.07) is 13.1. The number of nitrogens with one attached hydrogen (secondary N) is 3. The molecule has 0 saturated carbocycles. The Kier molecular flexibility index (Phi) is 6.43. The van der Waals surface area contributed by atoms with Crippen LogP contribution in [0.5, 0.6) is 0 Å². The highest BCUT2D eigenvalue weighted by atomic mass is 16.4. The maximum absolute atomic E-state index is 12.1. The normalized spacial score (nSPS) is 10.3. The summed E-state index contributed by atoms with van der Waals surface area (Å²) in [4.78, 5) is 45.6. The van der Waals surface area contributed by atoms with Crippen LogP contribution in [-0.4, -0.2) is 28.8 Å². The molecule has 0 radical (unpaired) electrons. The highest BCUT2D eigenvalue weighted by Gasteiger charge is 2.08. The fourth-order valence-corrected chi connectivity index (χ4v) is 1.99. The molecule has 3 amide bonds. The molecule has 8 heteroatoms. The van der Waals surface area contributed by atoms with E-state index in [-0.39, 0.29) is 11.5 Å². The molecule has 0 aliphatic heterocycles. The number of amides is 3. The maximum Gasteiger partial charge on any atom is 0.328 e. The van der Waals surface area contributed by atoms with Gasteiger partial charge in [0.15, 0.2) is 0 Å². The molecule has 0 bridgehead atoms. The number of anilines is 1. The van der Waals surface area contributed by atoms with Crippen LogP contribution in [0, 0.1) is 6.92 Å². The van der Waals surface area contributed by atoms with Gasteiger partial charge in [0.2, 0.25) is 0 Å². The van der Waals surface area contributed by atoms with E-state index >= 15 is 0 Å². The van der Waals surface area contributed by atoms with Crippen LogP contribution < -0.4 is 16.2 Å². The van der Waals surface area contributed by atoms with E-state index in [0.717, 1.165) is 11.6 Å². The molecule has 2 rings (SSSR count). The van der Waals surface area contributed by atoms with Crippen LogP contribution in [0.1, 0.15) is 26.3 Å². The lowest BCUT2D eigenvalue weighted by Gasteiger charge is -2.08. The van der Waals surface area contributed by atoms with E-state index in [1.54, 1.807) is 24.3 Å². The van der Waals surface area contributed by atoms with Crippen LogP contribution in [0.15, 0.2) is 60.7 Å². The summed E-state index contributed by atoms with van der Waals surface area (Å²) in [5.74, 6) is -2.93. The van der Waals surface area contributed by atoms with E-state index in [4.69, 9.17) is 5.11 Å². The van der Waals surface area contributed by atoms with Crippen molar-refractivity contribution in [1.29, 1.82) is 0 Å². The number of carbonyl (C=O) groups excluding carboxylic acids is 3. The number of hydrazine groups is 1. The molecule has 0 aliphatic carbocycles. The van der Waals surface area contributed by atoms with Crippen molar-refractivity contribution >= 4 is 29.4 Å². The Morgan fingerprint density at radius 1 is 0.778 bits per heavy atom. The van der Waals surface area contributed by atoms with Crippen LogP contribution in [0.4, 0.5) is 5.69 Å². The van der Waals surface area contributed by atoms with Crippen molar-refractivity contribution in [3.8, 4) is 0 Å². The molecule has 0 aliphatic rings. The van der Waals surface area contributed by atoms with Gasteiger partial charge in [-0.1, -0.05) is 17.7 Å². The van der Waals surface area contributed by atoms with E-state index in [1.807, 2.05) is 19.1 Å². The van der Waals surface area contributed by atoms with Crippen LogP contribution in [0.2, 0.25) is 0 Å². The molecule has 0 aromatic heterocycles. The van der Waals surface area contributed by atoms with E-state index < -0.39 is 17.8 Å². The first-order chi connectivity index (χ1) is 12.8. The van der Waals surface area contributed by atoms with E-state index in [2.05, 4.69) is 16.2 Å². The monoisotopic (exact) mass is 367 g/mol. The van der Waals surface area contributed by atoms with Crippen LogP contribution in [0.3, 0.4) is 0 Å². The van der Waals surface area contributed by atoms with Gasteiger partial charge in [-0.3, -0.25) is 25.2 Å². The largest absolute Gasteiger partial charge is 0.478 e. The summed E-state index contributed by atoms with van der Waals surface area (Å²) in [6.45, 7) is 1.93. The quantitative estimate of drug-likeness (QED) is 0.472. The number of benzene rings is 2. The zero-order valence-corrected chi connectivity index (χ0v) is 14.4. The molecule has 4 N–H and O–H groups in total. The second kappa shape index (κ2) is 8.95. The maximum atomic E-state index is 12.1. The molecule has 8 nitrogen and oxygen atoms in total. The van der Waals surface area contributed by atoms with Crippen molar-refractivity contribution in [2.24, 2.45) is 0 Å². The van der Waals surface area contributed by atoms with Crippen molar-refractivity contribution in [3.63, 3.8) is 0 Å². The minimum absolute atomic E-state index is 0.242. The second-order valence-electron chi connectivity index (χ2n) is 5.51. The zero-order valence-electron chi connectivity index (χ0n) is 14.4. The number of rotatable bonds is 5. The molecular formula is C19H17N3O5. The average Bonchev–Trinajstić information content (AvgIpc) is 2.65. The van der Waals surface area contributed by atoms with Gasteiger partial charge in [-0.05, 0) is 43.3 Å². The van der Waals surface area contributed by atoms with Crippen molar-refractivity contribution in [1.82, 2.24) is 10.9 Å². The molecule has 0 unspecified atom stereocenters. The Balaban J connectivity index is 1.91.